The molecular formula is C22H25N5O2. The number of ether oxygens (including phenoxy) is 1. The zero-order chi connectivity index (χ0) is 20.4. The Kier molecular flexibility index (Phi) is 5.20. The third-order valence-electron chi connectivity index (χ3n) is 5.11. The molecule has 7 heteroatoms. The van der Waals surface area contributed by atoms with Crippen LogP contribution in [0.4, 0.5) is 11.4 Å². The van der Waals surface area contributed by atoms with Gasteiger partial charge in [0.1, 0.15) is 5.56 Å². The molecule has 0 spiro atoms. The monoisotopic (exact) mass is 391 g/mol. The number of carbonyl (C=O) groups is 1. The van der Waals surface area contributed by atoms with Crippen LogP contribution in [-0.2, 0) is 18.3 Å². The predicted molar refractivity (Wildman–Crippen MR) is 114 cm³/mol. The van der Waals surface area contributed by atoms with E-state index >= 15 is 0 Å². The van der Waals surface area contributed by atoms with Gasteiger partial charge in [-0.3, -0.25) is 4.68 Å². The van der Waals surface area contributed by atoms with Crippen LogP contribution in [0.25, 0.3) is 11.0 Å². The first kappa shape index (κ1) is 19.0. The summed E-state index contributed by atoms with van der Waals surface area (Å²) in [6, 6.07) is 8.49. The third-order valence-corrected chi connectivity index (χ3v) is 5.11. The maximum atomic E-state index is 12.5. The number of pyridine rings is 1. The van der Waals surface area contributed by atoms with Gasteiger partial charge in [0.25, 0.3) is 0 Å². The Morgan fingerprint density at radius 3 is 2.62 bits per heavy atom. The Bertz CT molecular complexity index is 1060. The van der Waals surface area contributed by atoms with Gasteiger partial charge in [-0.25, -0.2) is 9.78 Å². The van der Waals surface area contributed by atoms with Crippen molar-refractivity contribution in [1.29, 1.82) is 0 Å². The maximum Gasteiger partial charge on any atom is 0.341 e. The first-order chi connectivity index (χ1) is 14.1. The van der Waals surface area contributed by atoms with Crippen LogP contribution in [0.3, 0.4) is 0 Å². The highest BCUT2D eigenvalue weighted by molar-refractivity contribution is 6.05. The zero-order valence-corrected chi connectivity index (χ0v) is 17.0. The molecule has 0 aliphatic carbocycles. The summed E-state index contributed by atoms with van der Waals surface area (Å²) in [5.41, 5.74) is 5.03. The molecule has 0 fully saturated rings. The molecule has 0 unspecified atom stereocenters. The van der Waals surface area contributed by atoms with Crippen molar-refractivity contribution in [3.63, 3.8) is 0 Å². The van der Waals surface area contributed by atoms with E-state index in [-0.39, 0.29) is 5.97 Å². The van der Waals surface area contributed by atoms with Gasteiger partial charge in [-0.2, -0.15) is 5.10 Å². The Balaban J connectivity index is 1.62. The normalized spacial score (nSPS) is 13.3. The molecule has 0 saturated heterocycles. The van der Waals surface area contributed by atoms with Gasteiger partial charge in [-0.1, -0.05) is 24.3 Å². The molecule has 0 radical (unpaired) electrons. The van der Waals surface area contributed by atoms with Gasteiger partial charge in [-0.05, 0) is 31.5 Å². The second-order valence-corrected chi connectivity index (χ2v) is 7.07. The van der Waals surface area contributed by atoms with Crippen molar-refractivity contribution in [2.45, 2.75) is 20.4 Å². The number of anilines is 2. The van der Waals surface area contributed by atoms with Gasteiger partial charge in [-0.15, -0.1) is 0 Å². The number of fused-ring (bicyclic) bond motifs is 1. The summed E-state index contributed by atoms with van der Waals surface area (Å²) in [5, 5.41) is 8.74. The summed E-state index contributed by atoms with van der Waals surface area (Å²) in [6.07, 6.45) is 5.92. The summed E-state index contributed by atoms with van der Waals surface area (Å²) in [6.45, 7) is 6.52. The molecule has 0 atom stereocenters. The molecule has 1 aliphatic heterocycles. The minimum atomic E-state index is -0.385. The van der Waals surface area contributed by atoms with E-state index in [2.05, 4.69) is 56.7 Å². The van der Waals surface area contributed by atoms with Crippen molar-refractivity contribution in [2.75, 3.05) is 29.9 Å². The Morgan fingerprint density at radius 1 is 1.21 bits per heavy atom. The van der Waals surface area contributed by atoms with E-state index in [9.17, 15) is 4.79 Å². The number of hydrogen-bond donors (Lipinski definition) is 1. The Morgan fingerprint density at radius 2 is 1.93 bits per heavy atom. The molecule has 1 N–H and O–H groups in total. The molecule has 3 aromatic rings. The van der Waals surface area contributed by atoms with E-state index in [0.717, 1.165) is 35.4 Å². The van der Waals surface area contributed by atoms with Crippen molar-refractivity contribution >= 4 is 28.4 Å². The van der Waals surface area contributed by atoms with E-state index in [1.165, 1.54) is 5.69 Å². The van der Waals surface area contributed by atoms with E-state index in [4.69, 9.17) is 4.74 Å². The van der Waals surface area contributed by atoms with Gasteiger partial charge in [0.15, 0.2) is 5.65 Å². The minimum absolute atomic E-state index is 0.315. The number of nitrogens with zero attached hydrogens (tertiary/aromatic N) is 4. The Labute approximate surface area is 170 Å². The smallest absolute Gasteiger partial charge is 0.341 e. The zero-order valence-electron chi connectivity index (χ0n) is 17.0. The number of aryl methyl sites for hydroxylation is 2. The summed E-state index contributed by atoms with van der Waals surface area (Å²) in [7, 11) is 1.85. The fourth-order valence-electron chi connectivity index (χ4n) is 3.66. The molecular weight excluding hydrogens is 366 g/mol. The van der Waals surface area contributed by atoms with Crippen LogP contribution < -0.4 is 10.2 Å². The first-order valence-corrected chi connectivity index (χ1v) is 9.80. The van der Waals surface area contributed by atoms with Crippen molar-refractivity contribution < 1.29 is 9.53 Å². The molecule has 1 aliphatic rings. The summed E-state index contributed by atoms with van der Waals surface area (Å²) in [5.74, 6) is -0.385. The number of esters is 1. The number of carbonyl (C=O) groups excluding carboxylic acids is 1. The average Bonchev–Trinajstić information content (AvgIpc) is 3.35. The van der Waals surface area contributed by atoms with Crippen LogP contribution in [-0.4, -0.2) is 40.4 Å². The standard InChI is InChI=1S/C22H25N5O2/c1-4-29-22(28)18-14-24-21-19(15(2)25-26(21)3)20(18)23-13-16-7-9-17(10-8-16)27-11-5-6-12-27/h5-10,14H,4,11-13H2,1-3H3,(H,23,24). The second-order valence-electron chi connectivity index (χ2n) is 7.07. The van der Waals surface area contributed by atoms with Crippen LogP contribution in [0, 0.1) is 6.92 Å². The van der Waals surface area contributed by atoms with Crippen molar-refractivity contribution in [3.8, 4) is 0 Å². The van der Waals surface area contributed by atoms with Gasteiger partial charge >= 0.3 is 5.97 Å². The van der Waals surface area contributed by atoms with Gasteiger partial charge in [0, 0.05) is 38.6 Å². The van der Waals surface area contributed by atoms with Crippen LogP contribution in [0.15, 0.2) is 42.6 Å². The number of rotatable bonds is 6. The molecule has 29 heavy (non-hydrogen) atoms. The van der Waals surface area contributed by atoms with Gasteiger partial charge in [0.2, 0.25) is 0 Å². The maximum absolute atomic E-state index is 12.5. The molecule has 0 bridgehead atoms. The third kappa shape index (κ3) is 3.68. The van der Waals surface area contributed by atoms with Crippen molar-refractivity contribution in [2.24, 2.45) is 7.05 Å². The summed E-state index contributed by atoms with van der Waals surface area (Å²) in [4.78, 5) is 19.2. The summed E-state index contributed by atoms with van der Waals surface area (Å²) < 4.78 is 6.96. The van der Waals surface area contributed by atoms with Crippen molar-refractivity contribution in [1.82, 2.24) is 14.8 Å². The lowest BCUT2D eigenvalue weighted by Crippen LogP contribution is -2.18. The SMILES string of the molecule is CCOC(=O)c1cnc2c(c(C)nn2C)c1NCc1ccc(N2CC=CC2)cc1. The quantitative estimate of drug-likeness (QED) is 0.513. The lowest BCUT2D eigenvalue weighted by molar-refractivity contribution is 0.0527. The molecule has 150 valence electrons. The fraction of sp³-hybridized carbons (Fsp3) is 0.318. The number of nitrogens with one attached hydrogen (secondary N) is 1. The van der Waals surface area contributed by atoms with Gasteiger partial charge < -0.3 is 15.0 Å². The topological polar surface area (TPSA) is 72.3 Å². The molecule has 3 heterocycles. The lowest BCUT2D eigenvalue weighted by Gasteiger charge is -2.18. The second kappa shape index (κ2) is 7.95. The van der Waals surface area contributed by atoms with Crippen LogP contribution >= 0.6 is 0 Å². The molecule has 4 rings (SSSR count). The van der Waals surface area contributed by atoms with E-state index in [0.29, 0.717) is 24.4 Å². The summed E-state index contributed by atoms with van der Waals surface area (Å²) >= 11 is 0. The molecule has 7 nitrogen and oxygen atoms in total. The fourth-order valence-corrected chi connectivity index (χ4v) is 3.66. The lowest BCUT2D eigenvalue weighted by atomic mass is 10.1. The van der Waals surface area contributed by atoms with Crippen LogP contribution in [0.5, 0.6) is 0 Å². The average molecular weight is 391 g/mol. The highest BCUT2D eigenvalue weighted by Crippen LogP contribution is 2.30. The number of aromatic nitrogens is 3. The highest BCUT2D eigenvalue weighted by Gasteiger charge is 2.20. The van der Waals surface area contributed by atoms with Crippen molar-refractivity contribution in [3.05, 3.63) is 59.4 Å². The van der Waals surface area contributed by atoms with E-state index in [1.807, 2.05) is 14.0 Å². The van der Waals surface area contributed by atoms with Crippen LogP contribution in [0.2, 0.25) is 0 Å². The molecule has 2 aromatic heterocycles. The highest BCUT2D eigenvalue weighted by atomic mass is 16.5. The minimum Gasteiger partial charge on any atom is -0.462 e. The predicted octanol–water partition coefficient (Wildman–Crippen LogP) is 3.44. The van der Waals surface area contributed by atoms with Gasteiger partial charge in [0.05, 0.1) is 23.4 Å². The van der Waals surface area contributed by atoms with E-state index < -0.39 is 0 Å². The largest absolute Gasteiger partial charge is 0.462 e. The first-order valence-electron chi connectivity index (χ1n) is 9.80. The van der Waals surface area contributed by atoms with Crippen LogP contribution in [0.1, 0.15) is 28.5 Å². The van der Waals surface area contributed by atoms with E-state index in [1.54, 1.807) is 17.8 Å². The number of hydrogen-bond acceptors (Lipinski definition) is 6. The molecule has 1 aromatic carbocycles. The number of benzene rings is 1. The molecule has 0 amide bonds. The Hall–Kier alpha value is -3.35. The molecule has 0 saturated carbocycles.